The van der Waals surface area contributed by atoms with Crippen LogP contribution in [-0.4, -0.2) is 14.9 Å². The third kappa shape index (κ3) is 2.84. The van der Waals surface area contributed by atoms with Crippen molar-refractivity contribution in [3.8, 4) is 0 Å². The van der Waals surface area contributed by atoms with E-state index in [1.165, 1.54) is 18.2 Å². The summed E-state index contributed by atoms with van der Waals surface area (Å²) in [6.07, 6.45) is 1.45. The number of aromatic nitrogens is 2. The lowest BCUT2D eigenvalue weighted by atomic mass is 10.1. The molecular weight excluding hydrogens is 243 g/mol. The molecule has 0 amide bonds. The second-order valence-corrected chi connectivity index (χ2v) is 4.28. The summed E-state index contributed by atoms with van der Waals surface area (Å²) in [5.74, 6) is -0.486. The van der Waals surface area contributed by atoms with Crippen LogP contribution in [0.4, 0.5) is 4.39 Å². The average molecular weight is 255 g/mol. The van der Waals surface area contributed by atoms with Crippen molar-refractivity contribution < 1.29 is 9.50 Å². The molecule has 1 heterocycles. The van der Waals surface area contributed by atoms with Crippen LogP contribution in [0.25, 0.3) is 0 Å². The summed E-state index contributed by atoms with van der Waals surface area (Å²) in [4.78, 5) is 0. The number of rotatable bonds is 3. The predicted octanol–water partition coefficient (Wildman–Crippen LogP) is 2.49. The molecule has 3 nitrogen and oxygen atoms in total. The molecule has 1 aromatic heterocycles. The molecule has 1 aromatic carbocycles. The Balaban J connectivity index is 2.14. The average Bonchev–Trinajstić information content (AvgIpc) is 2.68. The molecule has 90 valence electrons. The van der Waals surface area contributed by atoms with E-state index in [0.717, 1.165) is 5.69 Å². The van der Waals surface area contributed by atoms with Crippen LogP contribution in [0.3, 0.4) is 0 Å². The van der Waals surface area contributed by atoms with E-state index in [2.05, 4.69) is 5.10 Å². The van der Waals surface area contributed by atoms with Crippen molar-refractivity contribution in [1.29, 1.82) is 0 Å². The molecule has 0 fully saturated rings. The molecule has 1 N–H and O–H groups in total. The Morgan fingerprint density at radius 3 is 2.82 bits per heavy atom. The maximum atomic E-state index is 13.0. The normalized spacial score (nSPS) is 12.7. The fraction of sp³-hybridized carbons (Fsp3) is 0.250. The fourth-order valence-electron chi connectivity index (χ4n) is 1.61. The van der Waals surface area contributed by atoms with Gasteiger partial charge in [-0.05, 0) is 23.8 Å². The van der Waals surface area contributed by atoms with Gasteiger partial charge in [0.05, 0.1) is 16.8 Å². The molecule has 0 aliphatic heterocycles. The third-order valence-electron chi connectivity index (χ3n) is 2.50. The fourth-order valence-corrected chi connectivity index (χ4v) is 1.80. The van der Waals surface area contributed by atoms with Crippen LogP contribution in [0, 0.1) is 5.82 Å². The van der Waals surface area contributed by atoms with Crippen LogP contribution in [0.2, 0.25) is 5.02 Å². The van der Waals surface area contributed by atoms with Crippen molar-refractivity contribution in [2.24, 2.45) is 7.05 Å². The molecule has 0 radical (unpaired) electrons. The summed E-state index contributed by atoms with van der Waals surface area (Å²) in [5.41, 5.74) is 1.36. The van der Waals surface area contributed by atoms with Gasteiger partial charge < -0.3 is 5.11 Å². The maximum Gasteiger partial charge on any atom is 0.141 e. The zero-order valence-corrected chi connectivity index (χ0v) is 10.0. The first-order valence-corrected chi connectivity index (χ1v) is 5.55. The first kappa shape index (κ1) is 12.1. The summed E-state index contributed by atoms with van der Waals surface area (Å²) < 4.78 is 14.6. The zero-order valence-electron chi connectivity index (χ0n) is 9.27. The van der Waals surface area contributed by atoms with Crippen molar-refractivity contribution in [2.45, 2.75) is 12.5 Å². The number of aliphatic hydroxyl groups is 1. The van der Waals surface area contributed by atoms with E-state index in [0.29, 0.717) is 12.0 Å². The van der Waals surface area contributed by atoms with E-state index in [1.54, 1.807) is 10.9 Å². The van der Waals surface area contributed by atoms with Crippen molar-refractivity contribution in [3.05, 3.63) is 52.6 Å². The maximum absolute atomic E-state index is 13.0. The molecule has 2 aromatic rings. The van der Waals surface area contributed by atoms with E-state index < -0.39 is 11.9 Å². The number of aliphatic hydroxyl groups excluding tert-OH is 1. The summed E-state index contributed by atoms with van der Waals surface area (Å²) >= 11 is 5.66. The number of nitrogens with zero attached hydrogens (tertiary/aromatic N) is 2. The van der Waals surface area contributed by atoms with Gasteiger partial charge in [0.25, 0.3) is 0 Å². The highest BCUT2D eigenvalue weighted by molar-refractivity contribution is 6.30. The minimum Gasteiger partial charge on any atom is -0.388 e. The van der Waals surface area contributed by atoms with Crippen molar-refractivity contribution in [1.82, 2.24) is 9.78 Å². The van der Waals surface area contributed by atoms with Gasteiger partial charge in [-0.25, -0.2) is 4.39 Å². The summed E-state index contributed by atoms with van der Waals surface area (Å²) in [6, 6.07) is 6.03. The first-order valence-electron chi connectivity index (χ1n) is 5.18. The second-order valence-electron chi connectivity index (χ2n) is 3.87. The van der Waals surface area contributed by atoms with Gasteiger partial charge >= 0.3 is 0 Å². The van der Waals surface area contributed by atoms with E-state index in [9.17, 15) is 9.50 Å². The molecule has 1 atom stereocenters. The van der Waals surface area contributed by atoms with E-state index >= 15 is 0 Å². The number of aryl methyl sites for hydroxylation is 1. The highest BCUT2D eigenvalue weighted by Gasteiger charge is 2.12. The van der Waals surface area contributed by atoms with Crippen molar-refractivity contribution in [3.63, 3.8) is 0 Å². The molecule has 0 bridgehead atoms. The molecule has 0 aliphatic rings. The molecule has 2 rings (SSSR count). The number of hydrogen-bond donors (Lipinski definition) is 1. The molecule has 0 saturated carbocycles. The van der Waals surface area contributed by atoms with E-state index in [4.69, 9.17) is 11.6 Å². The largest absolute Gasteiger partial charge is 0.388 e. The number of hydrogen-bond acceptors (Lipinski definition) is 2. The molecule has 1 unspecified atom stereocenters. The Labute approximate surface area is 103 Å². The van der Waals surface area contributed by atoms with Crippen LogP contribution in [-0.2, 0) is 13.5 Å². The highest BCUT2D eigenvalue weighted by atomic mass is 35.5. The van der Waals surface area contributed by atoms with Crippen LogP contribution >= 0.6 is 11.6 Å². The van der Waals surface area contributed by atoms with E-state index in [-0.39, 0.29) is 5.02 Å². The topological polar surface area (TPSA) is 38.0 Å². The quantitative estimate of drug-likeness (QED) is 0.914. The molecule has 0 saturated heterocycles. The van der Waals surface area contributed by atoms with Gasteiger partial charge in [-0.15, -0.1) is 0 Å². The van der Waals surface area contributed by atoms with Crippen molar-refractivity contribution >= 4 is 11.6 Å². The van der Waals surface area contributed by atoms with Gasteiger partial charge in [0.1, 0.15) is 5.82 Å². The molecule has 5 heteroatoms. The Kier molecular flexibility index (Phi) is 3.45. The van der Waals surface area contributed by atoms with Crippen molar-refractivity contribution in [2.75, 3.05) is 0 Å². The SMILES string of the molecule is Cn1ccc(CC(O)c2ccc(F)c(Cl)c2)n1. The van der Waals surface area contributed by atoms with Crippen LogP contribution in [0.15, 0.2) is 30.5 Å². The van der Waals surface area contributed by atoms with E-state index in [1.807, 2.05) is 13.1 Å². The Morgan fingerprint density at radius 1 is 1.47 bits per heavy atom. The number of benzene rings is 1. The third-order valence-corrected chi connectivity index (χ3v) is 2.79. The highest BCUT2D eigenvalue weighted by Crippen LogP contribution is 2.22. The smallest absolute Gasteiger partial charge is 0.141 e. The molecule has 0 spiro atoms. The first-order chi connectivity index (χ1) is 8.06. The molecular formula is C12H12ClFN2O. The van der Waals surface area contributed by atoms with Gasteiger partial charge in [-0.2, -0.15) is 5.10 Å². The van der Waals surface area contributed by atoms with Crippen LogP contribution in [0.1, 0.15) is 17.4 Å². The molecule has 17 heavy (non-hydrogen) atoms. The minimum absolute atomic E-state index is 0.0163. The Bertz CT molecular complexity index is 527. The van der Waals surface area contributed by atoms with Gasteiger partial charge in [-0.1, -0.05) is 17.7 Å². The molecule has 0 aliphatic carbocycles. The number of halogens is 2. The van der Waals surface area contributed by atoms with Crippen LogP contribution in [0.5, 0.6) is 0 Å². The van der Waals surface area contributed by atoms with Gasteiger partial charge in [-0.3, -0.25) is 4.68 Å². The standard InChI is InChI=1S/C12H12ClFN2O/c1-16-5-4-9(15-16)7-12(17)8-2-3-11(14)10(13)6-8/h2-6,12,17H,7H2,1H3. The lowest BCUT2D eigenvalue weighted by molar-refractivity contribution is 0.177. The predicted molar refractivity (Wildman–Crippen MR) is 63.3 cm³/mol. The van der Waals surface area contributed by atoms with Gasteiger partial charge in [0.15, 0.2) is 0 Å². The summed E-state index contributed by atoms with van der Waals surface area (Å²) in [5, 5.41) is 14.2. The summed E-state index contributed by atoms with van der Waals surface area (Å²) in [7, 11) is 1.81. The second kappa shape index (κ2) is 4.85. The lowest BCUT2D eigenvalue weighted by Gasteiger charge is -2.09. The van der Waals surface area contributed by atoms with Gasteiger partial charge in [0.2, 0.25) is 0 Å². The Hall–Kier alpha value is -1.39. The zero-order chi connectivity index (χ0) is 12.4. The monoisotopic (exact) mass is 254 g/mol. The Morgan fingerprint density at radius 2 is 2.24 bits per heavy atom. The van der Waals surface area contributed by atoms with Crippen LogP contribution < -0.4 is 0 Å². The minimum atomic E-state index is -0.733. The summed E-state index contributed by atoms with van der Waals surface area (Å²) in [6.45, 7) is 0. The lowest BCUT2D eigenvalue weighted by Crippen LogP contribution is -2.03. The van der Waals surface area contributed by atoms with Gasteiger partial charge in [0, 0.05) is 19.7 Å².